The number of alkyl halides is 1. The van der Waals surface area contributed by atoms with Crippen molar-refractivity contribution in [3.05, 3.63) is 0 Å². The molecule has 0 N–H and O–H groups in total. The largest absolute Gasteiger partial charge is 0.450 e. The Morgan fingerprint density at radius 1 is 1.78 bits per heavy atom. The lowest BCUT2D eigenvalue weighted by Gasteiger charge is -2.11. The van der Waals surface area contributed by atoms with Crippen LogP contribution in [0.2, 0.25) is 0 Å². The Balaban J connectivity index is 3.46. The Hall–Kier alpha value is 0. The van der Waals surface area contributed by atoms with Crippen LogP contribution in [0.25, 0.3) is 0 Å². The second-order valence-electron chi connectivity index (χ2n) is 1.52. The van der Waals surface area contributed by atoms with E-state index in [9.17, 15) is 4.79 Å². The Morgan fingerprint density at radius 2 is 2.33 bits per heavy atom. The van der Waals surface area contributed by atoms with Crippen LogP contribution >= 0.6 is 22.6 Å². The predicted octanol–water partition coefficient (Wildman–Crippen LogP) is 1.47. The zero-order valence-electron chi connectivity index (χ0n) is 5.56. The number of hydrogen-bond acceptors (Lipinski definition) is 2. The first-order valence-corrected chi connectivity index (χ1v) is 4.18. The highest BCUT2D eigenvalue weighted by molar-refractivity contribution is 14.1. The number of ether oxygens (including phenoxy) is 1. The fraction of sp³-hybridized carbons (Fsp3) is 0.800. The highest BCUT2D eigenvalue weighted by atomic mass is 127. The smallest absolute Gasteiger partial charge is 0.410 e. The summed E-state index contributed by atoms with van der Waals surface area (Å²) in [6, 6.07) is 0. The van der Waals surface area contributed by atoms with Gasteiger partial charge in [-0.2, -0.15) is 0 Å². The highest BCUT2D eigenvalue weighted by Gasteiger charge is 2.04. The van der Waals surface area contributed by atoms with Crippen LogP contribution in [-0.2, 0) is 4.74 Å². The number of nitrogens with zero attached hydrogens (tertiary/aromatic N) is 1. The molecular formula is C5H10INO2. The van der Waals surface area contributed by atoms with E-state index in [1.807, 2.05) is 0 Å². The van der Waals surface area contributed by atoms with Gasteiger partial charge in [0.05, 0.1) is 11.2 Å². The minimum absolute atomic E-state index is 0.257. The van der Waals surface area contributed by atoms with Gasteiger partial charge in [0.25, 0.3) is 0 Å². The lowest BCUT2D eigenvalue weighted by molar-refractivity contribution is 0.123. The maximum Gasteiger partial charge on any atom is 0.410 e. The maximum absolute atomic E-state index is 10.7. The van der Waals surface area contributed by atoms with Gasteiger partial charge in [-0.3, -0.25) is 0 Å². The first-order chi connectivity index (χ1) is 4.22. The summed E-state index contributed by atoms with van der Waals surface area (Å²) in [6.07, 6.45) is -0.257. The lowest BCUT2D eigenvalue weighted by Crippen LogP contribution is -2.25. The van der Waals surface area contributed by atoms with E-state index < -0.39 is 0 Å². The van der Waals surface area contributed by atoms with Gasteiger partial charge in [0.2, 0.25) is 0 Å². The molecule has 3 nitrogen and oxygen atoms in total. The van der Waals surface area contributed by atoms with Crippen molar-refractivity contribution in [1.29, 1.82) is 0 Å². The minimum Gasteiger partial charge on any atom is -0.450 e. The van der Waals surface area contributed by atoms with Gasteiger partial charge >= 0.3 is 6.09 Å². The van der Waals surface area contributed by atoms with E-state index in [-0.39, 0.29) is 6.09 Å². The molecule has 0 saturated heterocycles. The van der Waals surface area contributed by atoms with E-state index in [4.69, 9.17) is 0 Å². The molecule has 0 aliphatic carbocycles. The number of rotatable bonds is 2. The normalized spacial score (nSPS) is 8.78. The molecule has 0 saturated carbocycles. The monoisotopic (exact) mass is 243 g/mol. The molecule has 0 aliphatic rings. The Labute approximate surface area is 68.5 Å². The van der Waals surface area contributed by atoms with E-state index in [1.54, 1.807) is 14.0 Å². The topological polar surface area (TPSA) is 29.5 Å². The van der Waals surface area contributed by atoms with Crippen LogP contribution in [0.3, 0.4) is 0 Å². The molecule has 0 rings (SSSR count). The number of carbonyl (C=O) groups excluding carboxylic acids is 1. The summed E-state index contributed by atoms with van der Waals surface area (Å²) in [6.45, 7) is 2.23. The van der Waals surface area contributed by atoms with Gasteiger partial charge in [0, 0.05) is 7.05 Å². The van der Waals surface area contributed by atoms with Crippen molar-refractivity contribution < 1.29 is 9.53 Å². The van der Waals surface area contributed by atoms with Crippen LogP contribution < -0.4 is 0 Å². The SMILES string of the molecule is CCOC(=O)N(C)CI. The first-order valence-electron chi connectivity index (χ1n) is 2.66. The third kappa shape index (κ3) is 3.56. The molecule has 9 heavy (non-hydrogen) atoms. The zero-order valence-corrected chi connectivity index (χ0v) is 7.71. The summed E-state index contributed by atoms with van der Waals surface area (Å²) in [5, 5.41) is 0. The fourth-order valence-corrected chi connectivity index (χ4v) is 0.561. The van der Waals surface area contributed by atoms with Crippen LogP contribution in [0.1, 0.15) is 6.92 Å². The van der Waals surface area contributed by atoms with Crippen molar-refractivity contribution in [3.63, 3.8) is 0 Å². The summed E-state index contributed by atoms with van der Waals surface area (Å²) in [7, 11) is 1.70. The zero-order chi connectivity index (χ0) is 7.28. The van der Waals surface area contributed by atoms with Crippen molar-refractivity contribution in [2.45, 2.75) is 6.92 Å². The Morgan fingerprint density at radius 3 is 2.67 bits per heavy atom. The molecule has 0 radical (unpaired) electrons. The van der Waals surface area contributed by atoms with Gasteiger partial charge in [-0.25, -0.2) is 4.79 Å². The summed E-state index contributed by atoms with van der Waals surface area (Å²) in [4.78, 5) is 12.2. The molecule has 0 atom stereocenters. The molecule has 0 aliphatic heterocycles. The maximum atomic E-state index is 10.7. The van der Waals surface area contributed by atoms with Crippen molar-refractivity contribution >= 4 is 28.7 Å². The molecule has 0 bridgehead atoms. The minimum atomic E-state index is -0.257. The summed E-state index contributed by atoms with van der Waals surface area (Å²) in [5.74, 6) is 0. The number of carbonyl (C=O) groups is 1. The molecule has 0 heterocycles. The van der Waals surface area contributed by atoms with Gasteiger partial charge in [-0.05, 0) is 6.92 Å². The molecule has 0 spiro atoms. The molecule has 1 amide bonds. The Kier molecular flexibility index (Phi) is 4.84. The molecule has 0 aromatic heterocycles. The van der Waals surface area contributed by atoms with E-state index >= 15 is 0 Å². The average Bonchev–Trinajstić information content (AvgIpc) is 1.87. The van der Waals surface area contributed by atoms with Crippen molar-refractivity contribution in [3.8, 4) is 0 Å². The lowest BCUT2D eigenvalue weighted by atomic mass is 10.8. The van der Waals surface area contributed by atoms with Gasteiger partial charge in [-0.15, -0.1) is 0 Å². The van der Waals surface area contributed by atoms with Gasteiger partial charge in [-0.1, -0.05) is 22.6 Å². The molecule has 54 valence electrons. The van der Waals surface area contributed by atoms with E-state index in [0.29, 0.717) is 11.2 Å². The van der Waals surface area contributed by atoms with E-state index in [1.165, 1.54) is 4.90 Å². The van der Waals surface area contributed by atoms with Crippen LogP contribution in [0.5, 0.6) is 0 Å². The number of hydrogen-bond donors (Lipinski definition) is 0. The highest BCUT2D eigenvalue weighted by Crippen LogP contribution is 1.92. The summed E-state index contributed by atoms with van der Waals surface area (Å²) < 4.78 is 5.34. The fourth-order valence-electron chi connectivity index (χ4n) is 0.282. The van der Waals surface area contributed by atoms with Crippen LogP contribution in [-0.4, -0.2) is 29.2 Å². The average molecular weight is 243 g/mol. The van der Waals surface area contributed by atoms with Crippen molar-refractivity contribution in [2.75, 3.05) is 18.2 Å². The second-order valence-corrected chi connectivity index (χ2v) is 2.20. The van der Waals surface area contributed by atoms with Gasteiger partial charge < -0.3 is 9.64 Å². The molecule has 0 aromatic rings. The molecular weight excluding hydrogens is 233 g/mol. The summed E-state index contributed by atoms with van der Waals surface area (Å²) in [5.41, 5.74) is 0. The molecule has 4 heteroatoms. The van der Waals surface area contributed by atoms with E-state index in [2.05, 4.69) is 27.3 Å². The Bertz CT molecular complexity index is 97.0. The third-order valence-corrected chi connectivity index (χ3v) is 1.78. The summed E-state index contributed by atoms with van der Waals surface area (Å²) >= 11 is 2.09. The predicted molar refractivity (Wildman–Crippen MR) is 43.7 cm³/mol. The molecule has 0 fully saturated rings. The van der Waals surface area contributed by atoms with Crippen LogP contribution in [0, 0.1) is 0 Å². The van der Waals surface area contributed by atoms with Crippen molar-refractivity contribution in [2.24, 2.45) is 0 Å². The van der Waals surface area contributed by atoms with E-state index in [0.717, 1.165) is 0 Å². The number of amides is 1. The quantitative estimate of drug-likeness (QED) is 0.417. The van der Waals surface area contributed by atoms with Crippen LogP contribution in [0.15, 0.2) is 0 Å². The number of halogens is 1. The molecule has 0 unspecified atom stereocenters. The van der Waals surface area contributed by atoms with Gasteiger partial charge in [0.1, 0.15) is 0 Å². The standard InChI is InChI=1S/C5H10INO2/c1-3-9-5(8)7(2)4-6/h3-4H2,1-2H3. The van der Waals surface area contributed by atoms with Gasteiger partial charge in [0.15, 0.2) is 0 Å². The second kappa shape index (κ2) is 4.84. The third-order valence-electron chi connectivity index (χ3n) is 0.759. The van der Waals surface area contributed by atoms with Crippen molar-refractivity contribution in [1.82, 2.24) is 4.90 Å². The molecule has 0 aromatic carbocycles. The van der Waals surface area contributed by atoms with Crippen LogP contribution in [0.4, 0.5) is 4.79 Å². The first kappa shape index (κ1) is 9.00.